The average molecular weight is 380 g/mol. The van der Waals surface area contributed by atoms with Crippen molar-refractivity contribution in [3.05, 3.63) is 45.2 Å². The molecule has 3 aromatic rings. The van der Waals surface area contributed by atoms with Crippen molar-refractivity contribution in [2.75, 3.05) is 0 Å². The minimum atomic E-state index is -3.88. The fourth-order valence-electron chi connectivity index (χ4n) is 2.34. The third-order valence-electron chi connectivity index (χ3n) is 3.75. The Bertz CT molecular complexity index is 1070. The largest absolute Gasteiger partial charge is 0.270 e. The number of rotatable bonds is 6. The molecule has 130 valence electrons. The third-order valence-corrected chi connectivity index (χ3v) is 6.05. The molecule has 1 aliphatic carbocycles. The molecular formula is C13H12N6O4S2. The number of aromatic nitrogens is 4. The number of non-ortho nitro benzene ring substituents is 1. The maximum Gasteiger partial charge on any atom is 0.270 e. The van der Waals surface area contributed by atoms with Crippen LogP contribution in [0, 0.1) is 10.1 Å². The lowest BCUT2D eigenvalue weighted by atomic mass is 10.3. The first-order valence-corrected chi connectivity index (χ1v) is 9.69. The number of hydrogen-bond acceptors (Lipinski definition) is 8. The quantitative estimate of drug-likeness (QED) is 0.505. The van der Waals surface area contributed by atoms with Gasteiger partial charge in [-0.25, -0.2) is 13.1 Å². The number of hydrogen-bond donors (Lipinski definition) is 1. The smallest absolute Gasteiger partial charge is 0.258 e. The fraction of sp³-hybridized carbons (Fsp3) is 0.308. The summed E-state index contributed by atoms with van der Waals surface area (Å²) in [6.45, 7) is -0.0246. The maximum atomic E-state index is 12.3. The van der Waals surface area contributed by atoms with Crippen LogP contribution in [-0.2, 0) is 16.6 Å². The highest BCUT2D eigenvalue weighted by atomic mass is 32.2. The van der Waals surface area contributed by atoms with E-state index in [0.29, 0.717) is 15.9 Å². The van der Waals surface area contributed by atoms with E-state index in [9.17, 15) is 18.5 Å². The molecule has 0 aliphatic heterocycles. The molecule has 1 saturated carbocycles. The summed E-state index contributed by atoms with van der Waals surface area (Å²) in [4.78, 5) is 10.6. The summed E-state index contributed by atoms with van der Waals surface area (Å²) in [5, 5.41) is 23.8. The predicted molar refractivity (Wildman–Crippen MR) is 87.8 cm³/mol. The van der Waals surface area contributed by atoms with E-state index in [0.717, 1.165) is 24.7 Å². The van der Waals surface area contributed by atoms with Crippen molar-refractivity contribution < 1.29 is 13.3 Å². The van der Waals surface area contributed by atoms with Gasteiger partial charge in [0.15, 0.2) is 5.82 Å². The Morgan fingerprint density at radius 1 is 1.36 bits per heavy atom. The normalized spacial score (nSPS) is 14.9. The van der Waals surface area contributed by atoms with Crippen LogP contribution in [0.15, 0.2) is 29.2 Å². The molecule has 1 aromatic carbocycles. The zero-order valence-corrected chi connectivity index (χ0v) is 14.3. The molecule has 1 aliphatic rings. The molecule has 1 N–H and O–H groups in total. The lowest BCUT2D eigenvalue weighted by molar-refractivity contribution is -0.385. The molecule has 0 bridgehead atoms. The predicted octanol–water partition coefficient (Wildman–Crippen LogP) is 1.45. The van der Waals surface area contributed by atoms with Crippen molar-refractivity contribution >= 4 is 32.0 Å². The van der Waals surface area contributed by atoms with Gasteiger partial charge in [-0.05, 0) is 18.9 Å². The molecule has 0 radical (unpaired) electrons. The first kappa shape index (κ1) is 16.1. The Hall–Kier alpha value is -2.44. The van der Waals surface area contributed by atoms with Crippen LogP contribution in [0.25, 0.3) is 4.96 Å². The van der Waals surface area contributed by atoms with E-state index in [1.165, 1.54) is 29.5 Å². The average Bonchev–Trinajstić information content (AvgIpc) is 3.22. The van der Waals surface area contributed by atoms with Crippen LogP contribution in [0.3, 0.4) is 0 Å². The molecule has 0 atom stereocenters. The van der Waals surface area contributed by atoms with Gasteiger partial charge in [-0.2, -0.15) is 9.61 Å². The Morgan fingerprint density at radius 2 is 2.16 bits per heavy atom. The molecule has 4 rings (SSSR count). The molecule has 0 amide bonds. The van der Waals surface area contributed by atoms with Crippen molar-refractivity contribution in [3.8, 4) is 0 Å². The molecule has 10 nitrogen and oxygen atoms in total. The fourth-order valence-corrected chi connectivity index (χ4v) is 4.24. The minimum absolute atomic E-state index is 0.0246. The highest BCUT2D eigenvalue weighted by Crippen LogP contribution is 2.39. The lowest BCUT2D eigenvalue weighted by Gasteiger charge is -2.04. The summed E-state index contributed by atoms with van der Waals surface area (Å²) in [7, 11) is -3.88. The third kappa shape index (κ3) is 3.10. The standard InChI is InChI=1S/C13H12N6O4S2/c20-19(21)9-2-1-3-10(6-9)25(22,23)14-7-11-17-18-12(8-4-5-8)15-16-13(18)24-11/h1-3,6,8,14H,4-5,7H2. The summed E-state index contributed by atoms with van der Waals surface area (Å²) in [6.07, 6.45) is 2.13. The maximum absolute atomic E-state index is 12.3. The van der Waals surface area contributed by atoms with E-state index in [4.69, 9.17) is 0 Å². The van der Waals surface area contributed by atoms with Gasteiger partial charge in [0.25, 0.3) is 5.69 Å². The molecule has 0 saturated heterocycles. The second-order valence-electron chi connectivity index (χ2n) is 5.60. The molecule has 2 heterocycles. The SMILES string of the molecule is O=[N+]([O-])c1cccc(S(=O)(=O)NCc2nn3c(C4CC4)nnc3s2)c1. The summed E-state index contributed by atoms with van der Waals surface area (Å²) in [6, 6.07) is 4.89. The van der Waals surface area contributed by atoms with E-state index in [1.807, 2.05) is 0 Å². The lowest BCUT2D eigenvalue weighted by Crippen LogP contribution is -2.23. The summed E-state index contributed by atoms with van der Waals surface area (Å²) >= 11 is 1.25. The van der Waals surface area contributed by atoms with Gasteiger partial charge < -0.3 is 0 Å². The summed E-state index contributed by atoms with van der Waals surface area (Å²) in [5.41, 5.74) is -0.282. The van der Waals surface area contributed by atoms with Crippen LogP contribution in [0.4, 0.5) is 5.69 Å². The van der Waals surface area contributed by atoms with Gasteiger partial charge in [-0.3, -0.25) is 10.1 Å². The number of nitrogens with zero attached hydrogens (tertiary/aromatic N) is 5. The number of fused-ring (bicyclic) bond motifs is 1. The zero-order valence-electron chi connectivity index (χ0n) is 12.7. The van der Waals surface area contributed by atoms with Crippen molar-refractivity contribution in [1.82, 2.24) is 24.5 Å². The molecule has 25 heavy (non-hydrogen) atoms. The number of benzene rings is 1. The molecule has 0 unspecified atom stereocenters. The van der Waals surface area contributed by atoms with Gasteiger partial charge in [0, 0.05) is 18.1 Å². The van der Waals surface area contributed by atoms with Gasteiger partial charge >= 0.3 is 0 Å². The highest BCUT2D eigenvalue weighted by Gasteiger charge is 2.30. The Labute approximate surface area is 145 Å². The monoisotopic (exact) mass is 380 g/mol. The molecule has 1 fully saturated rings. The Morgan fingerprint density at radius 3 is 2.88 bits per heavy atom. The van der Waals surface area contributed by atoms with Crippen molar-refractivity contribution in [1.29, 1.82) is 0 Å². The summed E-state index contributed by atoms with van der Waals surface area (Å²) < 4.78 is 28.7. The van der Waals surface area contributed by atoms with Gasteiger partial charge in [-0.15, -0.1) is 10.2 Å². The van der Waals surface area contributed by atoms with Crippen LogP contribution in [0.1, 0.15) is 29.6 Å². The zero-order chi connectivity index (χ0) is 17.6. The van der Waals surface area contributed by atoms with E-state index in [-0.39, 0.29) is 17.1 Å². The van der Waals surface area contributed by atoms with Gasteiger partial charge in [0.1, 0.15) is 5.01 Å². The number of nitrogens with one attached hydrogen (secondary N) is 1. The second-order valence-corrected chi connectivity index (χ2v) is 8.41. The van der Waals surface area contributed by atoms with E-state index >= 15 is 0 Å². The van der Waals surface area contributed by atoms with Crippen molar-refractivity contribution in [2.45, 2.75) is 30.2 Å². The van der Waals surface area contributed by atoms with Crippen LogP contribution in [0.5, 0.6) is 0 Å². The second kappa shape index (κ2) is 5.82. The Kier molecular flexibility index (Phi) is 3.74. The minimum Gasteiger partial charge on any atom is -0.258 e. The number of nitro groups is 1. The van der Waals surface area contributed by atoms with Gasteiger partial charge in [-0.1, -0.05) is 17.4 Å². The van der Waals surface area contributed by atoms with Crippen LogP contribution >= 0.6 is 11.3 Å². The van der Waals surface area contributed by atoms with E-state index in [2.05, 4.69) is 20.0 Å². The molecular weight excluding hydrogens is 368 g/mol. The molecule has 2 aromatic heterocycles. The van der Waals surface area contributed by atoms with Crippen LogP contribution < -0.4 is 4.72 Å². The number of sulfonamides is 1. The van der Waals surface area contributed by atoms with Gasteiger partial charge in [0.2, 0.25) is 15.0 Å². The van der Waals surface area contributed by atoms with Crippen molar-refractivity contribution in [2.24, 2.45) is 0 Å². The van der Waals surface area contributed by atoms with Crippen molar-refractivity contribution in [3.63, 3.8) is 0 Å². The summed E-state index contributed by atoms with van der Waals surface area (Å²) in [5.74, 6) is 1.19. The molecule has 0 spiro atoms. The van der Waals surface area contributed by atoms with Crippen LogP contribution in [0.2, 0.25) is 0 Å². The van der Waals surface area contributed by atoms with Crippen LogP contribution in [-0.4, -0.2) is 33.2 Å². The first-order valence-electron chi connectivity index (χ1n) is 7.39. The van der Waals surface area contributed by atoms with E-state index in [1.54, 1.807) is 4.52 Å². The van der Waals surface area contributed by atoms with Gasteiger partial charge in [0.05, 0.1) is 16.4 Å². The highest BCUT2D eigenvalue weighted by molar-refractivity contribution is 7.89. The topological polar surface area (TPSA) is 132 Å². The Balaban J connectivity index is 1.53. The molecule has 12 heteroatoms. The first-order chi connectivity index (χ1) is 11.9. The van der Waals surface area contributed by atoms with E-state index < -0.39 is 14.9 Å². The number of nitro benzene ring substituents is 1.